The van der Waals surface area contributed by atoms with Crippen LogP contribution in [0.15, 0.2) is 48.5 Å². The molecule has 0 unspecified atom stereocenters. The molecule has 0 N–H and O–H groups in total. The Kier molecular flexibility index (Phi) is 7.69. The topological polar surface area (TPSA) is 27.5 Å². The van der Waals surface area contributed by atoms with Crippen molar-refractivity contribution in [3.8, 4) is 5.69 Å². The van der Waals surface area contributed by atoms with Crippen molar-refractivity contribution in [1.29, 1.82) is 0 Å². The zero-order valence-corrected chi connectivity index (χ0v) is 21.3. The van der Waals surface area contributed by atoms with Crippen LogP contribution in [-0.2, 0) is 13.1 Å². The molecule has 1 saturated heterocycles. The lowest BCUT2D eigenvalue weighted by molar-refractivity contribution is 0.203. The summed E-state index contributed by atoms with van der Waals surface area (Å²) in [4.78, 5) is 7.46. The summed E-state index contributed by atoms with van der Waals surface area (Å²) in [5.74, 6) is 0.921. The van der Waals surface area contributed by atoms with Crippen LogP contribution in [0.5, 0.6) is 0 Å². The minimum Gasteiger partial charge on any atom is -0.354 e. The number of likely N-dealkylation sites (N-methyl/N-ethyl adjacent to an activating group) is 1. The monoisotopic (exact) mass is 463 g/mol. The minimum atomic E-state index is -0.227. The molecule has 0 saturated carbocycles. The summed E-state index contributed by atoms with van der Waals surface area (Å²) in [6, 6.07) is 15.9. The molecule has 1 aromatic heterocycles. The molecule has 3 aromatic rings. The molecule has 0 radical (unpaired) electrons. The van der Waals surface area contributed by atoms with Crippen molar-refractivity contribution in [2.45, 2.75) is 53.8 Å². The number of hydrogen-bond acceptors (Lipinski definition) is 4. The summed E-state index contributed by atoms with van der Waals surface area (Å²) in [5.41, 5.74) is 5.80. The first-order chi connectivity index (χ1) is 16.4. The van der Waals surface area contributed by atoms with Gasteiger partial charge in [0.2, 0.25) is 0 Å². The molecule has 4 rings (SSSR count). The Bertz CT molecular complexity index is 1060. The van der Waals surface area contributed by atoms with Gasteiger partial charge in [0.1, 0.15) is 11.6 Å². The summed E-state index contributed by atoms with van der Waals surface area (Å²) in [7, 11) is 0. The van der Waals surface area contributed by atoms with Crippen molar-refractivity contribution in [1.82, 2.24) is 19.6 Å². The van der Waals surface area contributed by atoms with Crippen molar-refractivity contribution in [3.05, 3.63) is 76.7 Å². The maximum absolute atomic E-state index is 13.7. The maximum atomic E-state index is 13.7. The molecule has 0 bridgehead atoms. The van der Waals surface area contributed by atoms with Crippen LogP contribution in [0, 0.1) is 19.7 Å². The van der Waals surface area contributed by atoms with Gasteiger partial charge < -0.3 is 9.80 Å². The Balaban J connectivity index is 1.70. The quantitative estimate of drug-likeness (QED) is 0.460. The van der Waals surface area contributed by atoms with Crippen molar-refractivity contribution in [2.24, 2.45) is 0 Å². The Hall–Kier alpha value is -2.70. The second-order valence-corrected chi connectivity index (χ2v) is 9.68. The average molecular weight is 464 g/mol. The highest BCUT2D eigenvalue weighted by molar-refractivity contribution is 5.56. The van der Waals surface area contributed by atoms with E-state index in [4.69, 9.17) is 5.10 Å². The van der Waals surface area contributed by atoms with Crippen LogP contribution < -0.4 is 4.90 Å². The Morgan fingerprint density at radius 2 is 1.56 bits per heavy atom. The second-order valence-electron chi connectivity index (χ2n) is 9.68. The fourth-order valence-corrected chi connectivity index (χ4v) is 4.65. The van der Waals surface area contributed by atoms with E-state index in [2.05, 4.69) is 73.6 Å². The SMILES string of the molecule is CCN1CCN(c2c(CN(Cc3ccc(C)cc3)C(C)C)c(C)nn2-c2ccc(F)cc2)CC1. The summed E-state index contributed by atoms with van der Waals surface area (Å²) in [6.45, 7) is 17.8. The van der Waals surface area contributed by atoms with Gasteiger partial charge in [-0.2, -0.15) is 5.10 Å². The van der Waals surface area contributed by atoms with E-state index >= 15 is 0 Å². The summed E-state index contributed by atoms with van der Waals surface area (Å²) in [6.07, 6.45) is 0. The standard InChI is InChI=1S/C28H38FN5/c1-6-31-15-17-32(18-16-31)28-27(23(5)30-34(28)26-13-11-25(29)12-14-26)20-33(21(2)3)19-24-9-7-22(4)8-10-24/h7-14,21H,6,15-20H2,1-5H3. The molecule has 182 valence electrons. The summed E-state index contributed by atoms with van der Waals surface area (Å²) >= 11 is 0. The van der Waals surface area contributed by atoms with Gasteiger partial charge in [-0.15, -0.1) is 0 Å². The van der Waals surface area contributed by atoms with Gasteiger partial charge in [0, 0.05) is 50.9 Å². The molecule has 2 aromatic carbocycles. The van der Waals surface area contributed by atoms with Gasteiger partial charge in [0.05, 0.1) is 11.4 Å². The molecule has 1 aliphatic heterocycles. The fraction of sp³-hybridized carbons (Fsp3) is 0.464. The Morgan fingerprint density at radius 3 is 2.15 bits per heavy atom. The molecular formula is C28H38FN5. The first-order valence-electron chi connectivity index (χ1n) is 12.5. The number of anilines is 1. The summed E-state index contributed by atoms with van der Waals surface area (Å²) in [5, 5.41) is 4.97. The number of nitrogens with zero attached hydrogens (tertiary/aromatic N) is 5. The molecule has 5 nitrogen and oxygen atoms in total. The van der Waals surface area contributed by atoms with Crippen LogP contribution in [0.3, 0.4) is 0 Å². The van der Waals surface area contributed by atoms with Crippen LogP contribution >= 0.6 is 0 Å². The van der Waals surface area contributed by atoms with Gasteiger partial charge in [-0.05, 0) is 64.1 Å². The van der Waals surface area contributed by atoms with Gasteiger partial charge >= 0.3 is 0 Å². The van der Waals surface area contributed by atoms with E-state index in [-0.39, 0.29) is 5.82 Å². The minimum absolute atomic E-state index is 0.227. The second kappa shape index (κ2) is 10.7. The highest BCUT2D eigenvalue weighted by Crippen LogP contribution is 2.30. The van der Waals surface area contributed by atoms with Gasteiger partial charge in [0.15, 0.2) is 0 Å². The highest BCUT2D eigenvalue weighted by atomic mass is 19.1. The van der Waals surface area contributed by atoms with E-state index in [1.54, 1.807) is 0 Å². The smallest absolute Gasteiger partial charge is 0.137 e. The zero-order chi connectivity index (χ0) is 24.2. The predicted octanol–water partition coefficient (Wildman–Crippen LogP) is 5.18. The van der Waals surface area contributed by atoms with E-state index in [9.17, 15) is 4.39 Å². The first-order valence-corrected chi connectivity index (χ1v) is 12.5. The van der Waals surface area contributed by atoms with Gasteiger partial charge in [0.25, 0.3) is 0 Å². The van der Waals surface area contributed by atoms with E-state index in [0.29, 0.717) is 6.04 Å². The fourth-order valence-electron chi connectivity index (χ4n) is 4.65. The van der Waals surface area contributed by atoms with Crippen LogP contribution in [0.2, 0.25) is 0 Å². The van der Waals surface area contributed by atoms with Crippen molar-refractivity contribution >= 4 is 5.82 Å². The van der Waals surface area contributed by atoms with E-state index in [1.807, 2.05) is 16.8 Å². The van der Waals surface area contributed by atoms with E-state index < -0.39 is 0 Å². The molecule has 34 heavy (non-hydrogen) atoms. The number of piperazine rings is 1. The first kappa shape index (κ1) is 24.4. The Labute approximate surface area is 203 Å². The van der Waals surface area contributed by atoms with Gasteiger partial charge in [-0.1, -0.05) is 36.8 Å². The third-order valence-electron chi connectivity index (χ3n) is 6.95. The number of aryl methyl sites for hydroxylation is 2. The normalized spacial score (nSPS) is 15.0. The number of hydrogen-bond donors (Lipinski definition) is 0. The molecular weight excluding hydrogens is 425 g/mol. The molecule has 1 fully saturated rings. The number of benzene rings is 2. The van der Waals surface area contributed by atoms with Crippen molar-refractivity contribution in [2.75, 3.05) is 37.6 Å². The third-order valence-corrected chi connectivity index (χ3v) is 6.95. The van der Waals surface area contributed by atoms with Crippen molar-refractivity contribution < 1.29 is 4.39 Å². The highest BCUT2D eigenvalue weighted by Gasteiger charge is 2.27. The van der Waals surface area contributed by atoms with Crippen LogP contribution in [0.1, 0.15) is 43.2 Å². The van der Waals surface area contributed by atoms with Gasteiger partial charge in [-0.3, -0.25) is 4.90 Å². The van der Waals surface area contributed by atoms with Gasteiger partial charge in [-0.25, -0.2) is 9.07 Å². The Morgan fingerprint density at radius 1 is 0.912 bits per heavy atom. The molecule has 1 aliphatic rings. The molecule has 2 heterocycles. The lowest BCUT2D eigenvalue weighted by Crippen LogP contribution is -2.47. The lowest BCUT2D eigenvalue weighted by atomic mass is 10.1. The average Bonchev–Trinajstić information content (AvgIpc) is 3.16. The lowest BCUT2D eigenvalue weighted by Gasteiger charge is -2.36. The molecule has 0 atom stereocenters. The zero-order valence-electron chi connectivity index (χ0n) is 21.3. The molecule has 0 aliphatic carbocycles. The van der Waals surface area contributed by atoms with E-state index in [0.717, 1.165) is 63.0 Å². The molecule has 0 amide bonds. The largest absolute Gasteiger partial charge is 0.354 e. The predicted molar refractivity (Wildman–Crippen MR) is 138 cm³/mol. The van der Waals surface area contributed by atoms with Crippen LogP contribution in [0.25, 0.3) is 5.69 Å². The molecule has 0 spiro atoms. The van der Waals surface area contributed by atoms with E-state index in [1.165, 1.54) is 28.8 Å². The van der Waals surface area contributed by atoms with Crippen molar-refractivity contribution in [3.63, 3.8) is 0 Å². The number of rotatable bonds is 8. The molecule has 6 heteroatoms. The van der Waals surface area contributed by atoms with Crippen LogP contribution in [-0.4, -0.2) is 58.3 Å². The number of aromatic nitrogens is 2. The third kappa shape index (κ3) is 5.50. The maximum Gasteiger partial charge on any atom is 0.137 e. The number of halogens is 1. The van der Waals surface area contributed by atoms with Crippen LogP contribution in [0.4, 0.5) is 10.2 Å². The summed E-state index contributed by atoms with van der Waals surface area (Å²) < 4.78 is 15.7.